The normalized spacial score (nSPS) is 27.4. The van der Waals surface area contributed by atoms with Crippen LogP contribution in [0.4, 0.5) is 5.69 Å². The summed E-state index contributed by atoms with van der Waals surface area (Å²) in [7, 11) is 0. The van der Waals surface area contributed by atoms with Gasteiger partial charge in [0.15, 0.2) is 5.58 Å². The third-order valence-electron chi connectivity index (χ3n) is 6.27. The summed E-state index contributed by atoms with van der Waals surface area (Å²) in [5, 5.41) is 3.70. The van der Waals surface area contributed by atoms with E-state index in [0.717, 1.165) is 34.2 Å². The minimum absolute atomic E-state index is 0.616. The molecule has 5 rings (SSSR count). The van der Waals surface area contributed by atoms with Crippen molar-refractivity contribution in [2.75, 3.05) is 5.32 Å². The van der Waals surface area contributed by atoms with Crippen molar-refractivity contribution < 1.29 is 4.42 Å². The lowest BCUT2D eigenvalue weighted by atomic mass is 9.73. The molecular formula is C23H25N3O. The number of hydrogen-bond donors (Lipinski definition) is 1. The van der Waals surface area contributed by atoms with Gasteiger partial charge in [-0.1, -0.05) is 26.3 Å². The summed E-state index contributed by atoms with van der Waals surface area (Å²) in [5.41, 5.74) is 5.06. The fourth-order valence-corrected chi connectivity index (χ4v) is 4.84. The van der Waals surface area contributed by atoms with Crippen LogP contribution in [0.5, 0.6) is 0 Å². The Morgan fingerprint density at radius 1 is 1.15 bits per heavy atom. The number of anilines is 1. The lowest BCUT2D eigenvalue weighted by molar-refractivity contribution is 0.203. The fourth-order valence-electron chi connectivity index (χ4n) is 4.84. The van der Waals surface area contributed by atoms with Crippen LogP contribution in [0.3, 0.4) is 0 Å². The van der Waals surface area contributed by atoms with Crippen LogP contribution in [0.25, 0.3) is 22.6 Å². The minimum atomic E-state index is 0.616. The first-order valence-electron chi connectivity index (χ1n) is 9.97. The number of nitrogens with zero attached hydrogens (tertiary/aromatic N) is 2. The Balaban J connectivity index is 1.41. The van der Waals surface area contributed by atoms with Crippen LogP contribution in [-0.2, 0) is 0 Å². The minimum Gasteiger partial charge on any atom is -0.436 e. The van der Waals surface area contributed by atoms with E-state index in [1.807, 2.05) is 18.2 Å². The van der Waals surface area contributed by atoms with Gasteiger partial charge >= 0.3 is 0 Å². The highest BCUT2D eigenvalue weighted by molar-refractivity contribution is 5.80. The standard InChI is InChI=1S/C23H25N3O/c1-14-5-7-18-15(2)11-20(19(18)10-14)25-17-6-8-22-21(12-17)26-23(27-22)16-4-3-9-24-13-16/h3-4,6,8-9,11-15,18-19,25H,5,7,10H2,1-2H3/t14-,15?,18+,19-/m1/s1. The first-order chi connectivity index (χ1) is 13.2. The number of fused-ring (bicyclic) bond motifs is 2. The third-order valence-corrected chi connectivity index (χ3v) is 6.27. The van der Waals surface area contributed by atoms with Crippen LogP contribution in [0.15, 0.2) is 58.9 Å². The Morgan fingerprint density at radius 3 is 2.93 bits per heavy atom. The summed E-state index contributed by atoms with van der Waals surface area (Å²) in [4.78, 5) is 8.81. The van der Waals surface area contributed by atoms with E-state index in [1.165, 1.54) is 25.0 Å². The summed E-state index contributed by atoms with van der Waals surface area (Å²) in [6, 6.07) is 10.0. The Bertz CT molecular complexity index is 991. The highest BCUT2D eigenvalue weighted by Gasteiger charge is 2.38. The van der Waals surface area contributed by atoms with Crippen LogP contribution in [-0.4, -0.2) is 9.97 Å². The SMILES string of the molecule is CC1C=C(Nc2ccc3oc(-c4cccnc4)nc3c2)[C@@H]2C[C@H](C)CC[C@@H]12. The average Bonchev–Trinajstić information content (AvgIpc) is 3.23. The smallest absolute Gasteiger partial charge is 0.228 e. The molecule has 4 heteroatoms. The van der Waals surface area contributed by atoms with E-state index in [9.17, 15) is 0 Å². The summed E-state index contributed by atoms with van der Waals surface area (Å²) < 4.78 is 5.90. The summed E-state index contributed by atoms with van der Waals surface area (Å²) in [6.45, 7) is 4.75. The topological polar surface area (TPSA) is 51.0 Å². The number of nitrogens with one attached hydrogen (secondary N) is 1. The van der Waals surface area contributed by atoms with Crippen LogP contribution in [0, 0.1) is 23.7 Å². The quantitative estimate of drug-likeness (QED) is 0.634. The zero-order valence-corrected chi connectivity index (χ0v) is 15.9. The van der Waals surface area contributed by atoms with Crippen LogP contribution < -0.4 is 5.32 Å². The van der Waals surface area contributed by atoms with Crippen molar-refractivity contribution in [2.45, 2.75) is 33.1 Å². The Morgan fingerprint density at radius 2 is 2.07 bits per heavy atom. The van der Waals surface area contributed by atoms with E-state index >= 15 is 0 Å². The average molecular weight is 359 g/mol. The predicted molar refractivity (Wildman–Crippen MR) is 108 cm³/mol. The van der Waals surface area contributed by atoms with Gasteiger partial charge in [-0.25, -0.2) is 4.98 Å². The molecular weight excluding hydrogens is 334 g/mol. The van der Waals surface area contributed by atoms with E-state index in [4.69, 9.17) is 4.42 Å². The van der Waals surface area contributed by atoms with Gasteiger partial charge in [-0.2, -0.15) is 0 Å². The van der Waals surface area contributed by atoms with Crippen molar-refractivity contribution in [1.29, 1.82) is 0 Å². The molecule has 27 heavy (non-hydrogen) atoms. The zero-order valence-electron chi connectivity index (χ0n) is 15.9. The van der Waals surface area contributed by atoms with Gasteiger partial charge < -0.3 is 9.73 Å². The largest absolute Gasteiger partial charge is 0.436 e. The summed E-state index contributed by atoms with van der Waals surface area (Å²) in [6.07, 6.45) is 10.00. The number of oxazole rings is 1. The number of pyridine rings is 1. The van der Waals surface area contributed by atoms with Gasteiger partial charge in [-0.3, -0.25) is 4.98 Å². The molecule has 2 aliphatic carbocycles. The third kappa shape index (κ3) is 3.03. The predicted octanol–water partition coefficient (Wildman–Crippen LogP) is 5.89. The van der Waals surface area contributed by atoms with Gasteiger partial charge in [0, 0.05) is 29.7 Å². The van der Waals surface area contributed by atoms with Gasteiger partial charge in [0.2, 0.25) is 5.89 Å². The van der Waals surface area contributed by atoms with E-state index < -0.39 is 0 Å². The number of hydrogen-bond acceptors (Lipinski definition) is 4. The molecule has 0 aliphatic heterocycles. The van der Waals surface area contributed by atoms with Crippen LogP contribution >= 0.6 is 0 Å². The Hall–Kier alpha value is -2.62. The first-order valence-corrected chi connectivity index (χ1v) is 9.97. The van der Waals surface area contributed by atoms with Crippen molar-refractivity contribution >= 4 is 16.8 Å². The molecule has 0 amide bonds. The molecule has 4 nitrogen and oxygen atoms in total. The lowest BCUT2D eigenvalue weighted by Crippen LogP contribution is -2.26. The molecule has 1 saturated carbocycles. The van der Waals surface area contributed by atoms with E-state index in [0.29, 0.717) is 17.7 Å². The van der Waals surface area contributed by atoms with Crippen molar-refractivity contribution in [3.8, 4) is 11.5 Å². The molecule has 0 bridgehead atoms. The molecule has 1 aromatic carbocycles. The van der Waals surface area contributed by atoms with E-state index in [2.05, 4.69) is 47.3 Å². The molecule has 0 radical (unpaired) electrons. The molecule has 0 saturated heterocycles. The molecule has 1 unspecified atom stereocenters. The maximum Gasteiger partial charge on any atom is 0.228 e. The molecule has 4 atom stereocenters. The molecule has 138 valence electrons. The molecule has 1 fully saturated rings. The second-order valence-corrected chi connectivity index (χ2v) is 8.24. The van der Waals surface area contributed by atoms with Crippen molar-refractivity contribution in [2.24, 2.45) is 23.7 Å². The number of allylic oxidation sites excluding steroid dienone is 2. The zero-order chi connectivity index (χ0) is 18.4. The molecule has 1 N–H and O–H groups in total. The molecule has 3 aromatic rings. The fraction of sp³-hybridized carbons (Fsp3) is 0.391. The van der Waals surface area contributed by atoms with Gasteiger partial charge in [0.1, 0.15) is 5.52 Å². The molecule has 0 spiro atoms. The van der Waals surface area contributed by atoms with Crippen molar-refractivity contribution in [1.82, 2.24) is 9.97 Å². The number of rotatable bonds is 3. The lowest BCUT2D eigenvalue weighted by Gasteiger charge is -2.33. The highest BCUT2D eigenvalue weighted by Crippen LogP contribution is 2.47. The Kier molecular flexibility index (Phi) is 4.00. The summed E-state index contributed by atoms with van der Waals surface area (Å²) >= 11 is 0. The first kappa shape index (κ1) is 16.5. The van der Waals surface area contributed by atoms with E-state index in [-0.39, 0.29) is 0 Å². The molecule has 2 aliphatic rings. The van der Waals surface area contributed by atoms with Gasteiger partial charge in [-0.15, -0.1) is 0 Å². The maximum absolute atomic E-state index is 5.90. The van der Waals surface area contributed by atoms with Gasteiger partial charge in [-0.05, 0) is 60.9 Å². The second kappa shape index (κ2) is 6.52. The monoisotopic (exact) mass is 359 g/mol. The van der Waals surface area contributed by atoms with Crippen LogP contribution in [0.1, 0.15) is 33.1 Å². The van der Waals surface area contributed by atoms with E-state index in [1.54, 1.807) is 12.4 Å². The Labute approximate surface area is 159 Å². The van der Waals surface area contributed by atoms with Crippen molar-refractivity contribution in [3.63, 3.8) is 0 Å². The van der Waals surface area contributed by atoms with Gasteiger partial charge in [0.05, 0.1) is 5.56 Å². The number of aromatic nitrogens is 2. The second-order valence-electron chi connectivity index (χ2n) is 8.24. The summed E-state index contributed by atoms with van der Waals surface area (Å²) in [5.74, 6) is 3.57. The molecule has 2 aromatic heterocycles. The molecule has 2 heterocycles. The maximum atomic E-state index is 5.90. The van der Waals surface area contributed by atoms with Crippen LogP contribution in [0.2, 0.25) is 0 Å². The number of benzene rings is 1. The highest BCUT2D eigenvalue weighted by atomic mass is 16.3. The van der Waals surface area contributed by atoms with Gasteiger partial charge in [0.25, 0.3) is 0 Å². The van der Waals surface area contributed by atoms with Crippen molar-refractivity contribution in [3.05, 3.63) is 54.5 Å².